The molecule has 2 rings (SSSR count). The second kappa shape index (κ2) is 9.14. The number of nitrogens with two attached hydrogens (primary N) is 2. The van der Waals surface area contributed by atoms with Gasteiger partial charge in [-0.3, -0.25) is 9.78 Å². The number of benzene rings is 1. The highest BCUT2D eigenvalue weighted by atomic mass is 16.1. The van der Waals surface area contributed by atoms with E-state index in [1.54, 1.807) is 24.5 Å². The summed E-state index contributed by atoms with van der Waals surface area (Å²) in [6, 6.07) is 9.31. The van der Waals surface area contributed by atoms with Crippen molar-refractivity contribution in [3.05, 3.63) is 71.7 Å². The summed E-state index contributed by atoms with van der Waals surface area (Å²) in [6.07, 6.45) is 9.62. The van der Waals surface area contributed by atoms with Crippen LogP contribution in [0.5, 0.6) is 0 Å². The topological polar surface area (TPSA) is 118 Å². The highest BCUT2D eigenvalue weighted by molar-refractivity contribution is 6.10. The van der Waals surface area contributed by atoms with Crippen molar-refractivity contribution < 1.29 is 4.79 Å². The molecule has 1 aromatic heterocycles. The van der Waals surface area contributed by atoms with E-state index < -0.39 is 0 Å². The van der Waals surface area contributed by atoms with Gasteiger partial charge < -0.3 is 22.2 Å². The summed E-state index contributed by atoms with van der Waals surface area (Å²) in [5, 5.41) is 10.2. The fraction of sp³-hybridized carbons (Fsp3) is 0.105. The number of hydrogen-bond acceptors (Lipinski definition) is 5. The van der Waals surface area contributed by atoms with E-state index in [1.165, 1.54) is 12.3 Å². The van der Waals surface area contributed by atoms with Crippen molar-refractivity contribution >= 4 is 29.5 Å². The van der Waals surface area contributed by atoms with Gasteiger partial charge in [0, 0.05) is 47.7 Å². The number of carbonyl (C=O) groups is 1. The fourth-order valence-electron chi connectivity index (χ4n) is 2.29. The smallest absolute Gasteiger partial charge is 0.248 e. The first-order chi connectivity index (χ1) is 12.2. The fourth-order valence-corrected chi connectivity index (χ4v) is 2.29. The molecule has 25 heavy (non-hydrogen) atoms. The van der Waals surface area contributed by atoms with E-state index in [4.69, 9.17) is 16.9 Å². The van der Waals surface area contributed by atoms with Crippen LogP contribution in [0.1, 0.15) is 16.7 Å². The van der Waals surface area contributed by atoms with Crippen molar-refractivity contribution in [1.82, 2.24) is 4.98 Å². The number of carbonyl (C=O) groups excluding carboxylic acids is 1. The van der Waals surface area contributed by atoms with Crippen molar-refractivity contribution in [3.8, 4) is 0 Å². The summed E-state index contributed by atoms with van der Waals surface area (Å²) < 4.78 is 0. The second-order valence-corrected chi connectivity index (χ2v) is 5.29. The minimum atomic E-state index is -0.255. The van der Waals surface area contributed by atoms with E-state index in [-0.39, 0.29) is 5.91 Å². The number of pyridine rings is 1. The molecule has 0 radical (unpaired) electrons. The van der Waals surface area contributed by atoms with Crippen LogP contribution < -0.4 is 16.8 Å². The predicted octanol–water partition coefficient (Wildman–Crippen LogP) is 2.18. The zero-order valence-corrected chi connectivity index (χ0v) is 13.8. The highest BCUT2D eigenvalue weighted by Crippen LogP contribution is 2.17. The van der Waals surface area contributed by atoms with Crippen LogP contribution in [-0.2, 0) is 11.2 Å². The zero-order valence-electron chi connectivity index (χ0n) is 13.8. The third-order valence-corrected chi connectivity index (χ3v) is 3.57. The second-order valence-electron chi connectivity index (χ2n) is 5.29. The van der Waals surface area contributed by atoms with Crippen molar-refractivity contribution in [1.29, 1.82) is 5.41 Å². The van der Waals surface area contributed by atoms with Crippen LogP contribution in [0.4, 0.5) is 5.69 Å². The number of amides is 1. The van der Waals surface area contributed by atoms with Crippen LogP contribution in [0.25, 0.3) is 11.6 Å². The Bertz CT molecular complexity index is 794. The van der Waals surface area contributed by atoms with Crippen LogP contribution in [0.3, 0.4) is 0 Å². The van der Waals surface area contributed by atoms with E-state index in [9.17, 15) is 4.79 Å². The third kappa shape index (κ3) is 5.12. The largest absolute Gasteiger partial charge is 0.404 e. The number of rotatable bonds is 7. The van der Waals surface area contributed by atoms with E-state index in [1.807, 2.05) is 24.3 Å². The Hall–Kier alpha value is -3.25. The third-order valence-electron chi connectivity index (χ3n) is 3.57. The van der Waals surface area contributed by atoms with Crippen LogP contribution in [0.15, 0.2) is 55.0 Å². The van der Waals surface area contributed by atoms with Gasteiger partial charge in [0.25, 0.3) is 0 Å². The van der Waals surface area contributed by atoms with Crippen LogP contribution in [0.2, 0.25) is 0 Å². The molecule has 6 N–H and O–H groups in total. The highest BCUT2D eigenvalue weighted by Gasteiger charge is 2.04. The molecule has 2 aromatic rings. The summed E-state index contributed by atoms with van der Waals surface area (Å²) in [4.78, 5) is 16.1. The van der Waals surface area contributed by atoms with Gasteiger partial charge in [-0.05, 0) is 48.4 Å². The van der Waals surface area contributed by atoms with E-state index in [2.05, 4.69) is 10.3 Å². The Morgan fingerprint density at radius 3 is 2.64 bits per heavy atom. The molecule has 0 saturated heterocycles. The lowest BCUT2D eigenvalue weighted by Gasteiger charge is -2.06. The first-order valence-electron chi connectivity index (χ1n) is 7.82. The minimum Gasteiger partial charge on any atom is -0.404 e. The summed E-state index contributed by atoms with van der Waals surface area (Å²) in [6.45, 7) is 0.594. The zero-order chi connectivity index (χ0) is 18.1. The molecule has 128 valence electrons. The molecule has 0 saturated carbocycles. The quantitative estimate of drug-likeness (QED) is 0.458. The summed E-state index contributed by atoms with van der Waals surface area (Å²) in [5.41, 5.74) is 14.9. The van der Waals surface area contributed by atoms with Gasteiger partial charge in [-0.2, -0.15) is 0 Å². The Morgan fingerprint density at radius 1 is 1.24 bits per heavy atom. The maximum Gasteiger partial charge on any atom is 0.248 e. The van der Waals surface area contributed by atoms with E-state index in [0.717, 1.165) is 23.8 Å². The molecule has 0 bridgehead atoms. The molecule has 1 amide bonds. The summed E-state index contributed by atoms with van der Waals surface area (Å²) >= 11 is 0. The van der Waals surface area contributed by atoms with Gasteiger partial charge in [0.15, 0.2) is 0 Å². The molecule has 0 atom stereocenters. The van der Waals surface area contributed by atoms with Crippen LogP contribution >= 0.6 is 0 Å². The number of allylic oxidation sites excluding steroid dienone is 1. The molecule has 0 aliphatic carbocycles. The van der Waals surface area contributed by atoms with Gasteiger partial charge in [-0.25, -0.2) is 0 Å². The maximum absolute atomic E-state index is 12.1. The molecular formula is C19H21N5O. The molecule has 0 unspecified atom stereocenters. The van der Waals surface area contributed by atoms with Gasteiger partial charge in [-0.1, -0.05) is 12.1 Å². The van der Waals surface area contributed by atoms with Gasteiger partial charge in [-0.15, -0.1) is 0 Å². The molecule has 0 fully saturated rings. The lowest BCUT2D eigenvalue weighted by atomic mass is 10.0. The Kier molecular flexibility index (Phi) is 6.62. The van der Waals surface area contributed by atoms with Crippen molar-refractivity contribution in [2.45, 2.75) is 6.42 Å². The van der Waals surface area contributed by atoms with Gasteiger partial charge in [0.2, 0.25) is 5.91 Å². The number of nitrogens with zero attached hydrogens (tertiary/aromatic N) is 1. The molecule has 1 aromatic carbocycles. The van der Waals surface area contributed by atoms with Crippen molar-refractivity contribution in [2.75, 3.05) is 11.9 Å². The minimum absolute atomic E-state index is 0.255. The van der Waals surface area contributed by atoms with Crippen LogP contribution in [0, 0.1) is 5.41 Å². The maximum atomic E-state index is 12.1. The number of hydrogen-bond donors (Lipinski definition) is 4. The Labute approximate surface area is 146 Å². The predicted molar refractivity (Wildman–Crippen MR) is 102 cm³/mol. The van der Waals surface area contributed by atoms with Gasteiger partial charge >= 0.3 is 0 Å². The summed E-state index contributed by atoms with van der Waals surface area (Å²) in [5.74, 6) is -0.255. The number of anilines is 1. The molecule has 0 spiro atoms. The first-order valence-corrected chi connectivity index (χ1v) is 7.82. The lowest BCUT2D eigenvalue weighted by molar-refractivity contribution is -0.111. The first kappa shape index (κ1) is 18.1. The Morgan fingerprint density at radius 2 is 2.00 bits per heavy atom. The molecule has 0 aliphatic heterocycles. The standard InChI is InChI=1S/C19H21N5O/c20-9-7-14-1-4-17(5-2-14)24-19(25)6-3-15-13-23-10-8-18(15)16(11-21)12-22/h1-6,8,10-13,21H,7,9,20,22H2,(H,24,25)/b6-3+,16-12+,21-11?. The monoisotopic (exact) mass is 335 g/mol. The van der Waals surface area contributed by atoms with Crippen LogP contribution in [-0.4, -0.2) is 23.7 Å². The van der Waals surface area contributed by atoms with Gasteiger partial charge in [0.1, 0.15) is 0 Å². The van der Waals surface area contributed by atoms with Gasteiger partial charge in [0.05, 0.1) is 0 Å². The molecule has 0 aliphatic rings. The van der Waals surface area contributed by atoms with E-state index >= 15 is 0 Å². The van der Waals surface area contributed by atoms with Crippen molar-refractivity contribution in [2.24, 2.45) is 11.5 Å². The molecular weight excluding hydrogens is 314 g/mol. The Balaban J connectivity index is 2.09. The SMILES string of the molecule is N=C/C(=C\N)c1ccncc1/C=C/C(=O)Nc1ccc(CCN)cc1. The average Bonchev–Trinajstić information content (AvgIpc) is 2.64. The lowest BCUT2D eigenvalue weighted by Crippen LogP contribution is -2.08. The molecule has 1 heterocycles. The molecule has 6 heteroatoms. The van der Waals surface area contributed by atoms with Crippen molar-refractivity contribution in [3.63, 3.8) is 0 Å². The average molecular weight is 335 g/mol. The van der Waals surface area contributed by atoms with E-state index in [0.29, 0.717) is 23.4 Å². The normalized spacial score (nSPS) is 11.5. The molecule has 6 nitrogen and oxygen atoms in total. The number of nitrogens with one attached hydrogen (secondary N) is 2. The summed E-state index contributed by atoms with van der Waals surface area (Å²) in [7, 11) is 0. The number of aromatic nitrogens is 1.